The van der Waals surface area contributed by atoms with Crippen LogP contribution in [0.25, 0.3) is 0 Å². The number of esters is 1. The molecule has 3 aromatic rings. The molecule has 2 aromatic heterocycles. The van der Waals surface area contributed by atoms with Crippen molar-refractivity contribution in [3.05, 3.63) is 65.1 Å². The highest BCUT2D eigenvalue weighted by Crippen LogP contribution is 2.12. The van der Waals surface area contributed by atoms with Gasteiger partial charge in [-0.2, -0.15) is 10.2 Å². The Morgan fingerprint density at radius 1 is 1.19 bits per heavy atom. The van der Waals surface area contributed by atoms with Gasteiger partial charge in [-0.3, -0.25) is 14.2 Å². The third-order valence-electron chi connectivity index (χ3n) is 4.07. The molecular weight excluding hydrogens is 346 g/mol. The first-order valence-electron chi connectivity index (χ1n) is 8.58. The minimum absolute atomic E-state index is 0.119. The highest BCUT2D eigenvalue weighted by molar-refractivity contribution is 6.03. The Morgan fingerprint density at radius 3 is 2.70 bits per heavy atom. The summed E-state index contributed by atoms with van der Waals surface area (Å²) in [6.45, 7) is 4.63. The van der Waals surface area contributed by atoms with Crippen LogP contribution >= 0.6 is 0 Å². The van der Waals surface area contributed by atoms with Crippen molar-refractivity contribution in [3.8, 4) is 0 Å². The number of carbonyl (C=O) groups is 2. The monoisotopic (exact) mass is 367 g/mol. The predicted octanol–water partition coefficient (Wildman–Crippen LogP) is 2.40. The number of amides is 1. The largest absolute Gasteiger partial charge is 0.461 e. The molecule has 0 saturated carbocycles. The second kappa shape index (κ2) is 7.86. The number of aromatic nitrogens is 4. The average molecular weight is 367 g/mol. The van der Waals surface area contributed by atoms with Crippen LogP contribution in [0.15, 0.2) is 42.6 Å². The fraction of sp³-hybridized carbons (Fsp3) is 0.263. The summed E-state index contributed by atoms with van der Waals surface area (Å²) in [6.07, 6.45) is 1.80. The summed E-state index contributed by atoms with van der Waals surface area (Å²) in [4.78, 5) is 24.2. The number of rotatable bonds is 6. The van der Waals surface area contributed by atoms with Crippen molar-refractivity contribution in [2.24, 2.45) is 7.05 Å². The molecule has 0 aliphatic heterocycles. The van der Waals surface area contributed by atoms with Gasteiger partial charge in [-0.05, 0) is 25.0 Å². The molecular formula is C19H21N5O3. The number of nitrogens with zero attached hydrogens (tertiary/aromatic N) is 4. The maximum atomic E-state index is 12.4. The van der Waals surface area contributed by atoms with E-state index in [0.717, 1.165) is 5.56 Å². The van der Waals surface area contributed by atoms with Crippen molar-refractivity contribution in [2.45, 2.75) is 20.4 Å². The average Bonchev–Trinajstić information content (AvgIpc) is 3.23. The van der Waals surface area contributed by atoms with E-state index in [1.54, 1.807) is 30.9 Å². The van der Waals surface area contributed by atoms with E-state index < -0.39 is 11.9 Å². The van der Waals surface area contributed by atoms with Crippen molar-refractivity contribution >= 4 is 17.7 Å². The molecule has 140 valence electrons. The lowest BCUT2D eigenvalue weighted by atomic mass is 10.1. The van der Waals surface area contributed by atoms with Crippen LogP contribution in [0, 0.1) is 6.92 Å². The molecule has 0 spiro atoms. The Bertz CT molecular complexity index is 973. The van der Waals surface area contributed by atoms with Crippen molar-refractivity contribution in [2.75, 3.05) is 11.9 Å². The maximum absolute atomic E-state index is 12.4. The van der Waals surface area contributed by atoms with Gasteiger partial charge in [0.25, 0.3) is 5.91 Å². The first-order chi connectivity index (χ1) is 13.0. The molecule has 27 heavy (non-hydrogen) atoms. The van der Waals surface area contributed by atoms with Crippen LogP contribution in [-0.2, 0) is 18.3 Å². The second-order valence-corrected chi connectivity index (χ2v) is 6.04. The number of aryl methyl sites for hydroxylation is 2. The van der Waals surface area contributed by atoms with Gasteiger partial charge in [-0.25, -0.2) is 4.79 Å². The Balaban J connectivity index is 1.68. The Labute approximate surface area is 156 Å². The minimum Gasteiger partial charge on any atom is -0.461 e. The van der Waals surface area contributed by atoms with E-state index in [4.69, 9.17) is 4.74 Å². The van der Waals surface area contributed by atoms with E-state index >= 15 is 0 Å². The Kier molecular flexibility index (Phi) is 5.35. The maximum Gasteiger partial charge on any atom is 0.356 e. The molecule has 1 aromatic carbocycles. The van der Waals surface area contributed by atoms with E-state index in [0.29, 0.717) is 12.4 Å². The predicted molar refractivity (Wildman–Crippen MR) is 99.6 cm³/mol. The molecule has 0 bridgehead atoms. The molecule has 0 atom stereocenters. The van der Waals surface area contributed by atoms with Crippen molar-refractivity contribution < 1.29 is 14.3 Å². The van der Waals surface area contributed by atoms with Crippen LogP contribution in [0.3, 0.4) is 0 Å². The second-order valence-electron chi connectivity index (χ2n) is 6.04. The summed E-state index contributed by atoms with van der Waals surface area (Å²) < 4.78 is 8.02. The lowest BCUT2D eigenvalue weighted by Gasteiger charge is -2.05. The lowest BCUT2D eigenvalue weighted by Crippen LogP contribution is -2.14. The molecule has 0 unspecified atom stereocenters. The van der Waals surface area contributed by atoms with Gasteiger partial charge in [0.2, 0.25) is 0 Å². The third-order valence-corrected chi connectivity index (χ3v) is 4.07. The summed E-state index contributed by atoms with van der Waals surface area (Å²) in [5, 5.41) is 11.1. The summed E-state index contributed by atoms with van der Waals surface area (Å²) >= 11 is 0. The molecule has 2 heterocycles. The normalized spacial score (nSPS) is 10.6. The van der Waals surface area contributed by atoms with E-state index in [1.807, 2.05) is 31.2 Å². The van der Waals surface area contributed by atoms with Crippen LogP contribution in [0.1, 0.15) is 39.0 Å². The fourth-order valence-corrected chi connectivity index (χ4v) is 2.63. The van der Waals surface area contributed by atoms with E-state index in [-0.39, 0.29) is 18.0 Å². The van der Waals surface area contributed by atoms with Gasteiger partial charge >= 0.3 is 5.97 Å². The van der Waals surface area contributed by atoms with Gasteiger partial charge in [-0.15, -0.1) is 0 Å². The zero-order chi connectivity index (χ0) is 19.4. The number of ether oxygens (including phenoxy) is 1. The van der Waals surface area contributed by atoms with Gasteiger partial charge in [0.05, 0.1) is 13.2 Å². The number of hydrogen-bond acceptors (Lipinski definition) is 5. The third kappa shape index (κ3) is 4.22. The number of benzene rings is 1. The molecule has 1 N–H and O–H groups in total. The first-order valence-corrected chi connectivity index (χ1v) is 8.58. The molecule has 8 nitrogen and oxygen atoms in total. The molecule has 8 heteroatoms. The Morgan fingerprint density at radius 2 is 1.96 bits per heavy atom. The van der Waals surface area contributed by atoms with E-state index in [2.05, 4.69) is 15.5 Å². The minimum atomic E-state index is -0.519. The van der Waals surface area contributed by atoms with Gasteiger partial charge < -0.3 is 10.1 Å². The number of carbonyl (C=O) groups excluding carboxylic acids is 2. The molecule has 1 amide bonds. The van der Waals surface area contributed by atoms with Crippen molar-refractivity contribution in [1.29, 1.82) is 0 Å². The van der Waals surface area contributed by atoms with Crippen LogP contribution < -0.4 is 5.32 Å². The smallest absolute Gasteiger partial charge is 0.356 e. The molecule has 0 aliphatic rings. The zero-order valence-corrected chi connectivity index (χ0v) is 15.5. The first kappa shape index (κ1) is 18.4. The van der Waals surface area contributed by atoms with E-state index in [9.17, 15) is 9.59 Å². The fourth-order valence-electron chi connectivity index (χ4n) is 2.63. The van der Waals surface area contributed by atoms with Gasteiger partial charge in [0.15, 0.2) is 11.5 Å². The van der Waals surface area contributed by atoms with Gasteiger partial charge in [0.1, 0.15) is 5.69 Å². The highest BCUT2D eigenvalue weighted by Gasteiger charge is 2.19. The topological polar surface area (TPSA) is 91.0 Å². The van der Waals surface area contributed by atoms with Crippen LogP contribution in [0.5, 0.6) is 0 Å². The highest BCUT2D eigenvalue weighted by atomic mass is 16.5. The van der Waals surface area contributed by atoms with E-state index in [1.165, 1.54) is 16.3 Å². The molecule has 0 radical (unpaired) electrons. The SMILES string of the molecule is CCOC(=O)c1cc(C(=O)Nc2ccn(Cc3ccccc3C)n2)nn1C. The van der Waals surface area contributed by atoms with Gasteiger partial charge in [-0.1, -0.05) is 24.3 Å². The molecule has 0 fully saturated rings. The number of nitrogens with one attached hydrogen (secondary N) is 1. The van der Waals surface area contributed by atoms with Crippen molar-refractivity contribution in [1.82, 2.24) is 19.6 Å². The summed E-state index contributed by atoms with van der Waals surface area (Å²) in [5.74, 6) is -0.548. The molecule has 0 aliphatic carbocycles. The summed E-state index contributed by atoms with van der Waals surface area (Å²) in [5.41, 5.74) is 2.67. The molecule has 3 rings (SSSR count). The standard InChI is InChI=1S/C19H21N5O3/c1-4-27-19(26)16-11-15(21-23(16)3)18(25)20-17-9-10-24(22-17)12-14-8-6-5-7-13(14)2/h5-11H,4,12H2,1-3H3,(H,20,22,25). The van der Waals surface area contributed by atoms with Crippen LogP contribution in [0.4, 0.5) is 5.82 Å². The van der Waals surface area contributed by atoms with Crippen molar-refractivity contribution in [3.63, 3.8) is 0 Å². The summed E-state index contributed by atoms with van der Waals surface area (Å²) in [6, 6.07) is 11.2. The van der Waals surface area contributed by atoms with Gasteiger partial charge in [0, 0.05) is 25.4 Å². The number of hydrogen-bond donors (Lipinski definition) is 1. The quantitative estimate of drug-likeness (QED) is 0.676. The molecule has 0 saturated heterocycles. The van der Waals surface area contributed by atoms with Crippen LogP contribution in [-0.4, -0.2) is 38.0 Å². The zero-order valence-electron chi connectivity index (χ0n) is 15.5. The number of anilines is 1. The van der Waals surface area contributed by atoms with Crippen LogP contribution in [0.2, 0.25) is 0 Å². The lowest BCUT2D eigenvalue weighted by molar-refractivity contribution is 0.0513. The Hall–Kier alpha value is -3.42. The summed E-state index contributed by atoms with van der Waals surface area (Å²) in [7, 11) is 1.58.